The first kappa shape index (κ1) is 22.4. The van der Waals surface area contributed by atoms with E-state index in [4.69, 9.17) is 0 Å². The molecule has 1 heteroatoms. The van der Waals surface area contributed by atoms with E-state index >= 15 is 0 Å². The maximum atomic E-state index is 2.37. The molecule has 0 spiro atoms. The lowest BCUT2D eigenvalue weighted by Crippen LogP contribution is -2.16. The molecule has 5 rings (SSSR count). The van der Waals surface area contributed by atoms with Crippen molar-refractivity contribution in [3.05, 3.63) is 167 Å². The number of rotatable bonds is 7. The Kier molecular flexibility index (Phi) is 6.87. The van der Waals surface area contributed by atoms with E-state index in [0.29, 0.717) is 0 Å². The van der Waals surface area contributed by atoms with Crippen LogP contribution in [0.5, 0.6) is 0 Å². The van der Waals surface area contributed by atoms with Gasteiger partial charge in [-0.2, -0.15) is 0 Å². The molecule has 0 unspecified atom stereocenters. The maximum absolute atomic E-state index is 2.37. The van der Waals surface area contributed by atoms with Crippen LogP contribution in [-0.2, 0) is 6.54 Å². The lowest BCUT2D eigenvalue weighted by molar-refractivity contribution is 0.975. The first-order chi connectivity index (χ1) is 17.3. The van der Waals surface area contributed by atoms with Crippen molar-refractivity contribution < 1.29 is 0 Å². The fraction of sp³-hybridized carbons (Fsp3) is 0.0588. The third-order valence-corrected chi connectivity index (χ3v) is 6.21. The second-order valence-corrected chi connectivity index (χ2v) is 8.79. The summed E-state index contributed by atoms with van der Waals surface area (Å²) in [5.74, 6) is 0. The Hall–Kier alpha value is -4.36. The summed E-state index contributed by atoms with van der Waals surface area (Å²) in [5, 5.41) is 0. The van der Waals surface area contributed by atoms with E-state index < -0.39 is 0 Å². The Morgan fingerprint density at radius 1 is 0.543 bits per heavy atom. The van der Waals surface area contributed by atoms with Crippen molar-refractivity contribution in [2.45, 2.75) is 13.5 Å². The molecule has 170 valence electrons. The summed E-state index contributed by atoms with van der Waals surface area (Å²) in [6, 6.07) is 49.5. The van der Waals surface area contributed by atoms with E-state index in [-0.39, 0.29) is 0 Å². The molecule has 0 aliphatic heterocycles. The lowest BCUT2D eigenvalue weighted by Gasteiger charge is -2.25. The number of hydrogen-bond acceptors (Lipinski definition) is 1. The van der Waals surface area contributed by atoms with Crippen molar-refractivity contribution in [2.24, 2.45) is 0 Å². The van der Waals surface area contributed by atoms with Crippen LogP contribution < -0.4 is 4.90 Å². The third kappa shape index (κ3) is 5.59. The molecule has 5 aromatic carbocycles. The van der Waals surface area contributed by atoms with Gasteiger partial charge in [0.05, 0.1) is 0 Å². The Morgan fingerprint density at radius 3 is 1.51 bits per heavy atom. The smallest absolute Gasteiger partial charge is 0.0481 e. The zero-order valence-electron chi connectivity index (χ0n) is 20.0. The van der Waals surface area contributed by atoms with Gasteiger partial charge in [-0.25, -0.2) is 0 Å². The van der Waals surface area contributed by atoms with Crippen molar-refractivity contribution in [1.82, 2.24) is 0 Å². The van der Waals surface area contributed by atoms with E-state index in [1.54, 1.807) is 0 Å². The molecule has 0 saturated carbocycles. The first-order valence-electron chi connectivity index (χ1n) is 12.1. The standard InChI is InChI=1S/C34H29N/c1-27-17-21-32(22-18-27)35(26-29-11-5-2-6-12-29)33-23-19-28(20-24-33)25-34(30-13-7-3-8-14-30)31-15-9-4-10-16-31/h2-25H,26H2,1H3. The van der Waals surface area contributed by atoms with Crippen LogP contribution >= 0.6 is 0 Å². The maximum Gasteiger partial charge on any atom is 0.0481 e. The summed E-state index contributed by atoms with van der Waals surface area (Å²) in [5.41, 5.74) is 9.75. The fourth-order valence-corrected chi connectivity index (χ4v) is 4.31. The Labute approximate surface area is 208 Å². The van der Waals surface area contributed by atoms with E-state index in [2.05, 4.69) is 157 Å². The van der Waals surface area contributed by atoms with Gasteiger partial charge in [0.2, 0.25) is 0 Å². The number of hydrogen-bond donors (Lipinski definition) is 0. The molecule has 0 fully saturated rings. The van der Waals surface area contributed by atoms with Gasteiger partial charge < -0.3 is 4.90 Å². The van der Waals surface area contributed by atoms with Gasteiger partial charge in [-0.05, 0) is 65.1 Å². The van der Waals surface area contributed by atoms with Crippen LogP contribution in [-0.4, -0.2) is 0 Å². The van der Waals surface area contributed by atoms with Gasteiger partial charge in [0.25, 0.3) is 0 Å². The zero-order chi connectivity index (χ0) is 23.9. The summed E-state index contributed by atoms with van der Waals surface area (Å²) in [7, 11) is 0. The molecular formula is C34H29N. The summed E-state index contributed by atoms with van der Waals surface area (Å²) < 4.78 is 0. The van der Waals surface area contributed by atoms with Gasteiger partial charge >= 0.3 is 0 Å². The minimum Gasteiger partial charge on any atom is -0.337 e. The highest BCUT2D eigenvalue weighted by molar-refractivity contribution is 5.91. The van der Waals surface area contributed by atoms with Crippen LogP contribution in [0.15, 0.2) is 140 Å². The minimum absolute atomic E-state index is 0.818. The normalized spacial score (nSPS) is 10.5. The van der Waals surface area contributed by atoms with Gasteiger partial charge in [-0.15, -0.1) is 0 Å². The minimum atomic E-state index is 0.818. The van der Waals surface area contributed by atoms with Gasteiger partial charge in [-0.1, -0.05) is 121 Å². The predicted molar refractivity (Wildman–Crippen MR) is 150 cm³/mol. The fourth-order valence-electron chi connectivity index (χ4n) is 4.31. The summed E-state index contributed by atoms with van der Waals surface area (Å²) in [4.78, 5) is 2.37. The second-order valence-electron chi connectivity index (χ2n) is 8.79. The summed E-state index contributed by atoms with van der Waals surface area (Å²) in [6.07, 6.45) is 2.28. The average molecular weight is 452 g/mol. The molecule has 0 atom stereocenters. The van der Waals surface area contributed by atoms with Crippen molar-refractivity contribution in [2.75, 3.05) is 4.90 Å². The molecule has 5 aromatic rings. The Balaban J connectivity index is 1.50. The monoisotopic (exact) mass is 451 g/mol. The van der Waals surface area contributed by atoms with Crippen molar-refractivity contribution in [3.63, 3.8) is 0 Å². The molecular weight excluding hydrogens is 422 g/mol. The van der Waals surface area contributed by atoms with E-state index in [9.17, 15) is 0 Å². The van der Waals surface area contributed by atoms with Crippen LogP contribution in [0.25, 0.3) is 11.6 Å². The molecule has 0 saturated heterocycles. The summed E-state index contributed by atoms with van der Waals surface area (Å²) in [6.45, 7) is 2.95. The molecule has 0 aromatic heterocycles. The van der Waals surface area contributed by atoms with Crippen molar-refractivity contribution >= 4 is 23.0 Å². The topological polar surface area (TPSA) is 3.24 Å². The largest absolute Gasteiger partial charge is 0.337 e. The predicted octanol–water partition coefficient (Wildman–Crippen LogP) is 8.92. The molecule has 0 aliphatic carbocycles. The molecule has 35 heavy (non-hydrogen) atoms. The van der Waals surface area contributed by atoms with E-state index in [1.807, 2.05) is 0 Å². The highest BCUT2D eigenvalue weighted by Crippen LogP contribution is 2.30. The van der Waals surface area contributed by atoms with Gasteiger partial charge in [0.15, 0.2) is 0 Å². The molecule has 0 amide bonds. The van der Waals surface area contributed by atoms with E-state index in [1.165, 1.54) is 44.8 Å². The summed E-state index contributed by atoms with van der Waals surface area (Å²) >= 11 is 0. The number of nitrogens with zero attached hydrogens (tertiary/aromatic N) is 1. The van der Waals surface area contributed by atoms with Gasteiger partial charge in [0, 0.05) is 17.9 Å². The molecule has 0 bridgehead atoms. The SMILES string of the molecule is Cc1ccc(N(Cc2ccccc2)c2ccc(C=C(c3ccccc3)c3ccccc3)cc2)cc1. The van der Waals surface area contributed by atoms with Crippen LogP contribution in [0.2, 0.25) is 0 Å². The highest BCUT2D eigenvalue weighted by Gasteiger charge is 2.11. The molecule has 0 aliphatic rings. The van der Waals surface area contributed by atoms with Crippen LogP contribution in [0.3, 0.4) is 0 Å². The lowest BCUT2D eigenvalue weighted by atomic mass is 9.95. The quantitative estimate of drug-likeness (QED) is 0.223. The van der Waals surface area contributed by atoms with Crippen molar-refractivity contribution in [3.8, 4) is 0 Å². The molecule has 0 N–H and O–H groups in total. The van der Waals surface area contributed by atoms with Gasteiger partial charge in [-0.3, -0.25) is 0 Å². The van der Waals surface area contributed by atoms with Crippen LogP contribution in [0, 0.1) is 6.92 Å². The number of anilines is 2. The highest BCUT2D eigenvalue weighted by atomic mass is 15.1. The van der Waals surface area contributed by atoms with Crippen LogP contribution in [0.4, 0.5) is 11.4 Å². The Morgan fingerprint density at radius 2 is 1.00 bits per heavy atom. The van der Waals surface area contributed by atoms with E-state index in [0.717, 1.165) is 6.54 Å². The van der Waals surface area contributed by atoms with Gasteiger partial charge in [0.1, 0.15) is 0 Å². The average Bonchev–Trinajstić information content (AvgIpc) is 2.93. The molecule has 0 radical (unpaired) electrons. The third-order valence-electron chi connectivity index (χ3n) is 6.21. The second kappa shape index (κ2) is 10.7. The molecule has 0 heterocycles. The van der Waals surface area contributed by atoms with Crippen molar-refractivity contribution in [1.29, 1.82) is 0 Å². The first-order valence-corrected chi connectivity index (χ1v) is 12.1. The Bertz CT molecular complexity index is 1330. The number of aryl methyl sites for hydroxylation is 1. The zero-order valence-corrected chi connectivity index (χ0v) is 20.0. The number of benzene rings is 5. The van der Waals surface area contributed by atoms with Crippen LogP contribution in [0.1, 0.15) is 27.8 Å². The molecule has 1 nitrogen and oxygen atoms in total.